The lowest BCUT2D eigenvalue weighted by atomic mass is 9.77. The third kappa shape index (κ3) is 3.02. The van der Waals surface area contributed by atoms with E-state index < -0.39 is 11.8 Å². The Balaban J connectivity index is 2.50. The summed E-state index contributed by atoms with van der Waals surface area (Å²) in [7, 11) is 0. The van der Waals surface area contributed by atoms with E-state index in [0.717, 1.165) is 11.1 Å². The Kier molecular flexibility index (Phi) is 4.46. The van der Waals surface area contributed by atoms with Crippen LogP contribution in [0.25, 0.3) is 0 Å². The smallest absolute Gasteiger partial charge is 0.138 e. The lowest BCUT2D eigenvalue weighted by Gasteiger charge is -2.24. The molecule has 2 aromatic carbocycles. The summed E-state index contributed by atoms with van der Waals surface area (Å²) in [6.07, 6.45) is 0. The second kappa shape index (κ2) is 6.29. The molecule has 0 heterocycles. The Morgan fingerprint density at radius 3 is 1.20 bits per heavy atom. The maximum absolute atomic E-state index is 12.1. The van der Waals surface area contributed by atoms with E-state index in [-0.39, 0.29) is 11.6 Å². The van der Waals surface area contributed by atoms with Crippen LogP contribution in [0.15, 0.2) is 60.7 Å². The minimum absolute atomic E-state index is 0.0141. The average Bonchev–Trinajstić information content (AvgIpc) is 2.45. The predicted octanol–water partition coefficient (Wildman–Crippen LogP) is 3.73. The van der Waals surface area contributed by atoms with Gasteiger partial charge in [0.1, 0.15) is 11.6 Å². The van der Waals surface area contributed by atoms with Crippen LogP contribution in [0.5, 0.6) is 0 Å². The summed E-state index contributed by atoms with van der Waals surface area (Å²) in [6, 6.07) is 19.0. The average molecular weight is 266 g/mol. The number of carbonyl (C=O) groups excluding carboxylic acids is 2. The number of hydrogen-bond donors (Lipinski definition) is 0. The molecule has 2 heteroatoms. The highest BCUT2D eigenvalue weighted by molar-refractivity contribution is 5.94. The molecule has 0 saturated heterocycles. The van der Waals surface area contributed by atoms with Crippen molar-refractivity contribution in [2.24, 2.45) is 0 Å². The van der Waals surface area contributed by atoms with Gasteiger partial charge in [-0.25, -0.2) is 0 Å². The molecule has 0 saturated carbocycles. The molecule has 0 unspecified atom stereocenters. The summed E-state index contributed by atoms with van der Waals surface area (Å²) in [4.78, 5) is 24.2. The Morgan fingerprint density at radius 1 is 0.650 bits per heavy atom. The summed E-state index contributed by atoms with van der Waals surface area (Å²) in [5.41, 5.74) is 1.79. The first-order valence-electron chi connectivity index (χ1n) is 6.72. The number of benzene rings is 2. The first-order chi connectivity index (χ1) is 9.61. The highest BCUT2D eigenvalue weighted by atomic mass is 16.1. The van der Waals surface area contributed by atoms with Crippen molar-refractivity contribution >= 4 is 11.6 Å². The standard InChI is InChI=1S/C18H18O2/c1-13(19)17(15-9-5-3-6-10-15)18(14(2)20)16-11-7-4-8-12-16/h3-12,17-18H,1-2H3/t17-,18-/m1/s1. The Hall–Kier alpha value is -2.22. The SMILES string of the molecule is CC(=O)[C@H](c1ccccc1)[C@H](C(C)=O)c1ccccc1. The van der Waals surface area contributed by atoms with Crippen LogP contribution in [0, 0.1) is 0 Å². The molecule has 0 bridgehead atoms. The summed E-state index contributed by atoms with van der Waals surface area (Å²) < 4.78 is 0. The topological polar surface area (TPSA) is 34.1 Å². The van der Waals surface area contributed by atoms with Gasteiger partial charge in [0.05, 0.1) is 11.8 Å². The highest BCUT2D eigenvalue weighted by Crippen LogP contribution is 2.34. The minimum atomic E-state index is -0.420. The van der Waals surface area contributed by atoms with Crippen LogP contribution < -0.4 is 0 Å². The van der Waals surface area contributed by atoms with Gasteiger partial charge in [-0.15, -0.1) is 0 Å². The van der Waals surface area contributed by atoms with Crippen molar-refractivity contribution in [3.63, 3.8) is 0 Å². The molecule has 2 aromatic rings. The van der Waals surface area contributed by atoms with E-state index in [9.17, 15) is 9.59 Å². The molecule has 20 heavy (non-hydrogen) atoms. The number of Topliss-reactive ketones (excluding diaryl/α,β-unsaturated/α-hetero) is 2. The van der Waals surface area contributed by atoms with E-state index in [1.165, 1.54) is 0 Å². The molecule has 2 rings (SSSR count). The molecular weight excluding hydrogens is 248 g/mol. The molecule has 0 aliphatic carbocycles. The Labute approximate surface area is 119 Å². The van der Waals surface area contributed by atoms with Crippen molar-refractivity contribution in [2.75, 3.05) is 0 Å². The van der Waals surface area contributed by atoms with Crippen LogP contribution in [-0.4, -0.2) is 11.6 Å². The molecule has 0 fully saturated rings. The highest BCUT2D eigenvalue weighted by Gasteiger charge is 2.31. The lowest BCUT2D eigenvalue weighted by molar-refractivity contribution is -0.125. The molecule has 2 nitrogen and oxygen atoms in total. The fraction of sp³-hybridized carbons (Fsp3) is 0.222. The monoisotopic (exact) mass is 266 g/mol. The molecule has 0 aromatic heterocycles. The molecule has 0 N–H and O–H groups in total. The van der Waals surface area contributed by atoms with Crippen LogP contribution in [0.4, 0.5) is 0 Å². The van der Waals surface area contributed by atoms with E-state index in [4.69, 9.17) is 0 Å². The van der Waals surface area contributed by atoms with Crippen LogP contribution in [0.2, 0.25) is 0 Å². The Morgan fingerprint density at radius 2 is 0.950 bits per heavy atom. The van der Waals surface area contributed by atoms with Gasteiger partial charge in [-0.05, 0) is 25.0 Å². The molecule has 0 aliphatic rings. The van der Waals surface area contributed by atoms with Crippen molar-refractivity contribution < 1.29 is 9.59 Å². The number of carbonyl (C=O) groups is 2. The molecule has 2 atom stereocenters. The molecule has 102 valence electrons. The summed E-state index contributed by atoms with van der Waals surface area (Å²) >= 11 is 0. The first kappa shape index (κ1) is 14.2. The fourth-order valence-corrected chi connectivity index (χ4v) is 2.64. The largest absolute Gasteiger partial charge is 0.299 e. The van der Waals surface area contributed by atoms with Gasteiger partial charge in [0.15, 0.2) is 0 Å². The summed E-state index contributed by atoms with van der Waals surface area (Å²) in [6.45, 7) is 3.10. The zero-order valence-electron chi connectivity index (χ0n) is 11.7. The van der Waals surface area contributed by atoms with Gasteiger partial charge < -0.3 is 0 Å². The number of rotatable bonds is 5. The van der Waals surface area contributed by atoms with E-state index in [2.05, 4.69) is 0 Å². The van der Waals surface area contributed by atoms with Crippen molar-refractivity contribution in [1.29, 1.82) is 0 Å². The normalized spacial score (nSPS) is 13.5. The van der Waals surface area contributed by atoms with Gasteiger partial charge in [-0.3, -0.25) is 9.59 Å². The van der Waals surface area contributed by atoms with Crippen molar-refractivity contribution in [3.05, 3.63) is 71.8 Å². The van der Waals surface area contributed by atoms with Gasteiger partial charge in [-0.2, -0.15) is 0 Å². The maximum atomic E-state index is 12.1. The van der Waals surface area contributed by atoms with Crippen LogP contribution in [0.1, 0.15) is 36.8 Å². The number of ketones is 2. The zero-order valence-corrected chi connectivity index (χ0v) is 11.7. The second-order valence-electron chi connectivity index (χ2n) is 5.00. The van der Waals surface area contributed by atoms with Crippen molar-refractivity contribution in [1.82, 2.24) is 0 Å². The van der Waals surface area contributed by atoms with Gasteiger partial charge in [0.25, 0.3) is 0 Å². The Bertz CT molecular complexity index is 532. The number of hydrogen-bond acceptors (Lipinski definition) is 2. The van der Waals surface area contributed by atoms with Gasteiger partial charge >= 0.3 is 0 Å². The first-order valence-corrected chi connectivity index (χ1v) is 6.72. The van der Waals surface area contributed by atoms with E-state index in [0.29, 0.717) is 0 Å². The second-order valence-corrected chi connectivity index (χ2v) is 5.00. The summed E-state index contributed by atoms with van der Waals surface area (Å²) in [5.74, 6) is -0.812. The van der Waals surface area contributed by atoms with Gasteiger partial charge in [0, 0.05) is 0 Å². The molecule has 0 amide bonds. The van der Waals surface area contributed by atoms with E-state index >= 15 is 0 Å². The fourth-order valence-electron chi connectivity index (χ4n) is 2.64. The van der Waals surface area contributed by atoms with E-state index in [1.807, 2.05) is 60.7 Å². The molecule has 0 radical (unpaired) electrons. The van der Waals surface area contributed by atoms with Crippen LogP contribution >= 0.6 is 0 Å². The zero-order chi connectivity index (χ0) is 14.5. The van der Waals surface area contributed by atoms with Crippen molar-refractivity contribution in [3.8, 4) is 0 Å². The molecule has 0 spiro atoms. The third-order valence-electron chi connectivity index (χ3n) is 3.53. The van der Waals surface area contributed by atoms with Gasteiger partial charge in [0.2, 0.25) is 0 Å². The molecule has 0 aliphatic heterocycles. The van der Waals surface area contributed by atoms with E-state index in [1.54, 1.807) is 13.8 Å². The quantitative estimate of drug-likeness (QED) is 0.826. The minimum Gasteiger partial charge on any atom is -0.299 e. The van der Waals surface area contributed by atoms with Crippen molar-refractivity contribution in [2.45, 2.75) is 25.7 Å². The van der Waals surface area contributed by atoms with Gasteiger partial charge in [-0.1, -0.05) is 60.7 Å². The maximum Gasteiger partial charge on any atom is 0.138 e. The summed E-state index contributed by atoms with van der Waals surface area (Å²) in [5, 5.41) is 0. The van der Waals surface area contributed by atoms with Crippen LogP contribution in [0.3, 0.4) is 0 Å². The van der Waals surface area contributed by atoms with Crippen LogP contribution in [-0.2, 0) is 9.59 Å². The third-order valence-corrected chi connectivity index (χ3v) is 3.53. The lowest BCUT2D eigenvalue weighted by Crippen LogP contribution is -2.23. The predicted molar refractivity (Wildman–Crippen MR) is 79.7 cm³/mol. The molecular formula is C18H18O2.